The summed E-state index contributed by atoms with van der Waals surface area (Å²) in [7, 11) is 1.65. The zero-order chi connectivity index (χ0) is 46.8. The van der Waals surface area contributed by atoms with Crippen LogP contribution in [-0.2, 0) is 22.6 Å². The second kappa shape index (κ2) is 18.9. The number of methoxy groups -OCH3 is 1. The summed E-state index contributed by atoms with van der Waals surface area (Å²) >= 11 is 0. The van der Waals surface area contributed by atoms with Crippen molar-refractivity contribution in [1.82, 2.24) is 48.9 Å². The summed E-state index contributed by atoms with van der Waals surface area (Å²) in [4.78, 5) is 76.5. The monoisotopic (exact) mass is 904 g/mol. The number of carbonyl (C=O) groups excluding carboxylic acids is 5. The van der Waals surface area contributed by atoms with Crippen LogP contribution in [0.2, 0.25) is 0 Å². The number of amides is 5. The van der Waals surface area contributed by atoms with E-state index in [9.17, 15) is 24.0 Å². The van der Waals surface area contributed by atoms with Gasteiger partial charge in [-0.1, -0.05) is 6.08 Å². The molecule has 2 aliphatic heterocycles. The highest BCUT2D eigenvalue weighted by molar-refractivity contribution is 6.06. The lowest BCUT2D eigenvalue weighted by molar-refractivity contribution is -0.125. The Hall–Kier alpha value is -7.59. The molecule has 0 bridgehead atoms. The van der Waals surface area contributed by atoms with E-state index in [1.165, 1.54) is 12.1 Å². The van der Waals surface area contributed by atoms with Gasteiger partial charge in [-0.25, -0.2) is 9.97 Å². The molecule has 22 nitrogen and oxygen atoms in total. The first-order valence-corrected chi connectivity index (χ1v) is 21.6. The summed E-state index contributed by atoms with van der Waals surface area (Å²) in [5.41, 5.74) is 15.4. The molecule has 1 atom stereocenters. The third-order valence-corrected chi connectivity index (χ3v) is 11.4. The van der Waals surface area contributed by atoms with Crippen molar-refractivity contribution in [3.63, 3.8) is 0 Å². The van der Waals surface area contributed by atoms with E-state index in [4.69, 9.17) is 35.6 Å². The van der Waals surface area contributed by atoms with Crippen LogP contribution >= 0.6 is 0 Å². The van der Waals surface area contributed by atoms with Crippen molar-refractivity contribution in [1.29, 1.82) is 0 Å². The van der Waals surface area contributed by atoms with E-state index in [0.29, 0.717) is 96.2 Å². The zero-order valence-corrected chi connectivity index (χ0v) is 37.3. The van der Waals surface area contributed by atoms with Crippen LogP contribution in [0.15, 0.2) is 42.5 Å². The minimum absolute atomic E-state index is 0.109. The van der Waals surface area contributed by atoms with Gasteiger partial charge >= 0.3 is 0 Å². The molecule has 0 saturated carbocycles. The fourth-order valence-electron chi connectivity index (χ4n) is 8.14. The third-order valence-electron chi connectivity index (χ3n) is 11.4. The van der Waals surface area contributed by atoms with Gasteiger partial charge in [0.15, 0.2) is 0 Å². The number of fused-ring (bicyclic) bond motifs is 1. The molecule has 2 aromatic carbocycles. The molecule has 6 heterocycles. The molecule has 0 unspecified atom stereocenters. The number of aryl methyl sites for hydroxylation is 4. The number of allylic oxidation sites excluding steroid dienone is 1. The smallest absolute Gasteiger partial charge is 0.276 e. The van der Waals surface area contributed by atoms with E-state index in [2.05, 4.69) is 26.1 Å². The normalized spacial score (nSPS) is 15.0. The number of ether oxygens (including phenoxy) is 3. The van der Waals surface area contributed by atoms with Gasteiger partial charge in [0, 0.05) is 57.2 Å². The predicted molar refractivity (Wildman–Crippen MR) is 243 cm³/mol. The minimum Gasteiger partial charge on any atom is -0.491 e. The number of primary amides is 2. The quantitative estimate of drug-likeness (QED) is 0.0733. The predicted octanol–water partition coefficient (Wildman–Crippen LogP) is 2.85. The molecule has 0 aliphatic carbocycles. The van der Waals surface area contributed by atoms with E-state index in [1.807, 2.05) is 29.4 Å². The Labute approximate surface area is 378 Å². The number of anilines is 2. The number of carbonyl (C=O) groups is 5. The number of rotatable bonds is 19. The van der Waals surface area contributed by atoms with Gasteiger partial charge in [-0.3, -0.25) is 58.0 Å². The molecule has 1 fully saturated rings. The Morgan fingerprint density at radius 1 is 0.833 bits per heavy atom. The van der Waals surface area contributed by atoms with Crippen LogP contribution in [0.4, 0.5) is 11.9 Å². The first kappa shape index (κ1) is 45.0. The molecule has 66 heavy (non-hydrogen) atoms. The van der Waals surface area contributed by atoms with Crippen molar-refractivity contribution in [2.75, 3.05) is 57.1 Å². The summed E-state index contributed by atoms with van der Waals surface area (Å²) < 4.78 is 24.5. The first-order valence-electron chi connectivity index (χ1n) is 21.6. The molecule has 1 saturated heterocycles. The minimum atomic E-state index is -0.710. The van der Waals surface area contributed by atoms with Crippen molar-refractivity contribution in [2.24, 2.45) is 11.5 Å². The summed E-state index contributed by atoms with van der Waals surface area (Å²) in [5, 5.41) is 17.6. The number of benzene rings is 2. The number of hydrogen-bond donors (Lipinski definition) is 5. The second-order valence-electron chi connectivity index (χ2n) is 16.1. The van der Waals surface area contributed by atoms with Gasteiger partial charge < -0.3 is 31.0 Å². The topological polar surface area (TPSA) is 276 Å². The molecular formula is C44H52N14O8. The van der Waals surface area contributed by atoms with E-state index < -0.39 is 29.7 Å². The van der Waals surface area contributed by atoms with Gasteiger partial charge in [0.2, 0.25) is 29.6 Å². The standard InChI is InChI=1S/C44H52N14O8/c1-6-56-32(14-24(3)52-56)41(62)50-43-48-30-16-26(39(45)60)18-34(65-13-9-11-47-36(59)22-54-20-29(21-54)64-5)37(30)55(43)12-8-10-28-23-66-35-19-27(40(46)61)17-31-38(35)58(28)44(49-31)51-42(63)33-15-25(4)53-57(33)7-2/h8,12,14-19,28-29H,6-7,9-11,13,20-23H2,1-5H3,(H2,45,60)(H2,46,61)(H,47,59)(H,48,50,62)(H,49,51,63)/b12-8+/t28-/m0/s1. The number of hydrogen-bond acceptors (Lipinski definition) is 13. The van der Waals surface area contributed by atoms with E-state index >= 15 is 0 Å². The average molecular weight is 905 g/mol. The van der Waals surface area contributed by atoms with E-state index in [1.54, 1.807) is 65.4 Å². The van der Waals surface area contributed by atoms with Gasteiger partial charge in [-0.2, -0.15) is 10.2 Å². The van der Waals surface area contributed by atoms with Crippen molar-refractivity contribution < 1.29 is 38.2 Å². The maximum absolute atomic E-state index is 13.9. The number of nitrogens with one attached hydrogen (secondary N) is 3. The maximum Gasteiger partial charge on any atom is 0.276 e. The van der Waals surface area contributed by atoms with Crippen LogP contribution < -0.4 is 36.9 Å². The molecular weight excluding hydrogens is 853 g/mol. The Kier molecular flexibility index (Phi) is 12.9. The fraction of sp³-hybridized carbons (Fsp3) is 0.386. The molecule has 346 valence electrons. The Bertz CT molecular complexity index is 2900. The summed E-state index contributed by atoms with van der Waals surface area (Å²) in [6, 6.07) is 9.05. The summed E-state index contributed by atoms with van der Waals surface area (Å²) in [5.74, 6) is -1.42. The SMILES string of the molecule is CCn1nc(C)cc1C(=O)Nc1nc2cc(C(N)=O)cc(OCCCNC(=O)CN3CC(OC)C3)c2n1/C=C/C[C@H]1COc2cc(C(N)=O)cc3nc(NC(=O)c4cc(C)nn4CC)n1c23. The average Bonchev–Trinajstić information content (AvgIpc) is 4.05. The third kappa shape index (κ3) is 9.17. The molecule has 4 aromatic heterocycles. The molecule has 7 N–H and O–H groups in total. The van der Waals surface area contributed by atoms with Crippen LogP contribution in [0.5, 0.6) is 11.5 Å². The fourth-order valence-corrected chi connectivity index (χ4v) is 8.14. The molecule has 22 heteroatoms. The molecule has 5 amide bonds. The van der Waals surface area contributed by atoms with E-state index in [-0.39, 0.29) is 60.5 Å². The highest BCUT2D eigenvalue weighted by Crippen LogP contribution is 2.39. The Morgan fingerprint density at radius 3 is 2.06 bits per heavy atom. The van der Waals surface area contributed by atoms with Crippen molar-refractivity contribution in [3.8, 4) is 11.5 Å². The Morgan fingerprint density at radius 2 is 1.44 bits per heavy atom. The van der Waals surface area contributed by atoms with Crippen LogP contribution in [0.3, 0.4) is 0 Å². The van der Waals surface area contributed by atoms with Crippen LogP contribution in [0.25, 0.3) is 28.3 Å². The number of aromatic nitrogens is 8. The lowest BCUT2D eigenvalue weighted by Gasteiger charge is -2.37. The highest BCUT2D eigenvalue weighted by Gasteiger charge is 2.30. The van der Waals surface area contributed by atoms with Crippen LogP contribution in [0.1, 0.15) is 85.8 Å². The number of nitrogens with zero attached hydrogens (tertiary/aromatic N) is 9. The van der Waals surface area contributed by atoms with Crippen molar-refractivity contribution in [2.45, 2.75) is 65.8 Å². The maximum atomic E-state index is 13.9. The summed E-state index contributed by atoms with van der Waals surface area (Å²) in [6.07, 6.45) is 4.43. The summed E-state index contributed by atoms with van der Waals surface area (Å²) in [6.45, 7) is 10.6. The van der Waals surface area contributed by atoms with Crippen LogP contribution in [0, 0.1) is 13.8 Å². The van der Waals surface area contributed by atoms with Gasteiger partial charge in [-0.15, -0.1) is 0 Å². The number of likely N-dealkylation sites (tertiary alicyclic amines) is 1. The molecule has 2 aliphatic rings. The lowest BCUT2D eigenvalue weighted by atomic mass is 10.1. The second-order valence-corrected chi connectivity index (χ2v) is 16.1. The van der Waals surface area contributed by atoms with Crippen LogP contribution in [-0.4, -0.2) is 126 Å². The van der Waals surface area contributed by atoms with E-state index in [0.717, 1.165) is 0 Å². The molecule has 6 aromatic rings. The van der Waals surface area contributed by atoms with Gasteiger partial charge in [-0.05, 0) is 76.9 Å². The first-order chi connectivity index (χ1) is 31.7. The molecule has 0 radical (unpaired) electrons. The highest BCUT2D eigenvalue weighted by atomic mass is 16.5. The van der Waals surface area contributed by atoms with Gasteiger partial charge in [0.1, 0.15) is 40.5 Å². The van der Waals surface area contributed by atoms with Gasteiger partial charge in [0.25, 0.3) is 11.8 Å². The Balaban J connectivity index is 1.11. The molecule has 0 spiro atoms. The zero-order valence-electron chi connectivity index (χ0n) is 37.3. The van der Waals surface area contributed by atoms with Crippen molar-refractivity contribution in [3.05, 3.63) is 76.4 Å². The lowest BCUT2D eigenvalue weighted by Crippen LogP contribution is -2.54. The number of nitrogens with two attached hydrogens (primary N) is 2. The van der Waals surface area contributed by atoms with Gasteiger partial charge in [0.05, 0.1) is 47.7 Å². The number of imidazole rings is 2. The van der Waals surface area contributed by atoms with Crippen molar-refractivity contribution >= 4 is 69.7 Å². The largest absolute Gasteiger partial charge is 0.491 e. The molecule has 8 rings (SSSR count).